The zero-order valence-corrected chi connectivity index (χ0v) is 14.2. The molecule has 1 amide bonds. The van der Waals surface area contributed by atoms with E-state index in [1.807, 2.05) is 18.2 Å². The largest absolute Gasteiger partial charge is 0.481 e. The molecule has 134 valence electrons. The van der Waals surface area contributed by atoms with Gasteiger partial charge < -0.3 is 19.5 Å². The average Bonchev–Trinajstić information content (AvgIpc) is 3.15. The molecular formula is C18H22N2O5. The van der Waals surface area contributed by atoms with E-state index in [-0.39, 0.29) is 19.1 Å². The highest BCUT2D eigenvalue weighted by molar-refractivity contribution is 5.88. The number of carboxylic acid groups (broad SMARTS) is 1. The van der Waals surface area contributed by atoms with Gasteiger partial charge in [-0.15, -0.1) is 0 Å². The van der Waals surface area contributed by atoms with Crippen LogP contribution < -0.4 is 9.47 Å². The van der Waals surface area contributed by atoms with Gasteiger partial charge in [0.15, 0.2) is 11.5 Å². The molecule has 1 atom stereocenters. The predicted molar refractivity (Wildman–Crippen MR) is 88.3 cm³/mol. The van der Waals surface area contributed by atoms with Crippen molar-refractivity contribution >= 4 is 11.9 Å². The van der Waals surface area contributed by atoms with Crippen LogP contribution in [0, 0.1) is 5.92 Å². The molecule has 1 aromatic carbocycles. The molecule has 0 radical (unpaired) electrons. The topological polar surface area (TPSA) is 79.3 Å². The van der Waals surface area contributed by atoms with Crippen LogP contribution in [0.3, 0.4) is 0 Å². The van der Waals surface area contributed by atoms with Crippen LogP contribution in [-0.4, -0.2) is 59.3 Å². The highest BCUT2D eigenvalue weighted by atomic mass is 16.7. The number of amides is 1. The Morgan fingerprint density at radius 2 is 2.00 bits per heavy atom. The Morgan fingerprint density at radius 3 is 2.72 bits per heavy atom. The summed E-state index contributed by atoms with van der Waals surface area (Å²) >= 11 is 0. The van der Waals surface area contributed by atoms with Crippen molar-refractivity contribution in [2.75, 3.05) is 26.9 Å². The Bertz CT molecular complexity index is 711. The molecule has 0 aliphatic carbocycles. The highest BCUT2D eigenvalue weighted by Crippen LogP contribution is 2.43. The molecule has 0 aromatic heterocycles. The first-order valence-electron chi connectivity index (χ1n) is 8.60. The molecular weight excluding hydrogens is 324 g/mol. The molecule has 7 nitrogen and oxygen atoms in total. The second kappa shape index (κ2) is 5.91. The third kappa shape index (κ3) is 2.63. The molecule has 1 aromatic rings. The number of carbonyl (C=O) groups is 2. The van der Waals surface area contributed by atoms with Gasteiger partial charge in [-0.25, -0.2) is 0 Å². The summed E-state index contributed by atoms with van der Waals surface area (Å²) in [7, 11) is 1.75. The molecule has 2 saturated heterocycles. The number of fused-ring (bicyclic) bond motifs is 1. The summed E-state index contributed by atoms with van der Waals surface area (Å²) in [4.78, 5) is 27.7. The molecule has 1 N–H and O–H groups in total. The first-order chi connectivity index (χ1) is 12.0. The Balaban J connectivity index is 1.44. The fourth-order valence-corrected chi connectivity index (χ4v) is 4.38. The number of carbonyl (C=O) groups excluding carboxylic acids is 1. The monoisotopic (exact) mass is 346 g/mol. The van der Waals surface area contributed by atoms with Crippen molar-refractivity contribution in [3.05, 3.63) is 23.8 Å². The number of ether oxygens (including phenoxy) is 2. The zero-order valence-electron chi connectivity index (χ0n) is 14.2. The van der Waals surface area contributed by atoms with Gasteiger partial charge in [0.1, 0.15) is 0 Å². The number of carboxylic acids is 1. The van der Waals surface area contributed by atoms with Crippen molar-refractivity contribution in [1.29, 1.82) is 0 Å². The third-order valence-electron chi connectivity index (χ3n) is 5.93. The Hall–Kier alpha value is -2.28. The van der Waals surface area contributed by atoms with Crippen LogP contribution >= 0.6 is 0 Å². The first kappa shape index (κ1) is 16.2. The van der Waals surface area contributed by atoms with E-state index in [1.54, 1.807) is 11.9 Å². The van der Waals surface area contributed by atoms with Crippen molar-refractivity contribution in [3.63, 3.8) is 0 Å². The second-order valence-corrected chi connectivity index (χ2v) is 7.12. The molecule has 2 fully saturated rings. The van der Waals surface area contributed by atoms with E-state index in [4.69, 9.17) is 9.47 Å². The van der Waals surface area contributed by atoms with Crippen LogP contribution in [-0.2, 0) is 16.1 Å². The summed E-state index contributed by atoms with van der Waals surface area (Å²) < 4.78 is 10.8. The average molecular weight is 346 g/mol. The second-order valence-electron chi connectivity index (χ2n) is 7.12. The summed E-state index contributed by atoms with van der Waals surface area (Å²) in [6.07, 6.45) is 1.50. The van der Waals surface area contributed by atoms with Crippen molar-refractivity contribution in [1.82, 2.24) is 9.80 Å². The van der Waals surface area contributed by atoms with E-state index < -0.39 is 17.4 Å². The summed E-state index contributed by atoms with van der Waals surface area (Å²) in [6.45, 7) is 2.59. The van der Waals surface area contributed by atoms with Crippen LogP contribution in [0.15, 0.2) is 18.2 Å². The normalized spacial score (nSPS) is 24.9. The molecule has 0 bridgehead atoms. The standard InChI is InChI=1S/C18H22N2O5/c1-19-16(21)9-13(17(22)23)18(19)4-6-20(7-5-18)10-12-2-3-14-15(8-12)25-11-24-14/h2-3,8,13H,4-7,9-11H2,1H3,(H,22,23). The quantitative estimate of drug-likeness (QED) is 0.889. The molecule has 1 unspecified atom stereocenters. The summed E-state index contributed by atoms with van der Waals surface area (Å²) in [5, 5.41) is 9.54. The van der Waals surface area contributed by atoms with Gasteiger partial charge in [0, 0.05) is 33.1 Å². The maximum atomic E-state index is 12.1. The number of rotatable bonds is 3. The SMILES string of the molecule is CN1C(=O)CC(C(=O)O)C12CCN(Cc1ccc3c(c1)OCO3)CC2. The zero-order chi connectivity index (χ0) is 17.6. The lowest BCUT2D eigenvalue weighted by atomic mass is 9.77. The molecule has 4 rings (SSSR count). The Kier molecular flexibility index (Phi) is 3.83. The third-order valence-corrected chi connectivity index (χ3v) is 5.93. The predicted octanol–water partition coefficient (Wildman–Crippen LogP) is 1.31. The number of aliphatic carboxylic acids is 1. The number of hydrogen-bond acceptors (Lipinski definition) is 5. The van der Waals surface area contributed by atoms with E-state index in [9.17, 15) is 14.7 Å². The van der Waals surface area contributed by atoms with Crippen LogP contribution in [0.4, 0.5) is 0 Å². The van der Waals surface area contributed by atoms with Crippen LogP contribution in [0.25, 0.3) is 0 Å². The van der Waals surface area contributed by atoms with Crippen molar-refractivity contribution < 1.29 is 24.2 Å². The smallest absolute Gasteiger partial charge is 0.309 e. The van der Waals surface area contributed by atoms with E-state index in [2.05, 4.69) is 4.90 Å². The number of hydrogen-bond donors (Lipinski definition) is 1. The maximum absolute atomic E-state index is 12.1. The molecule has 7 heteroatoms. The number of benzene rings is 1. The number of nitrogens with zero attached hydrogens (tertiary/aromatic N) is 2. The minimum Gasteiger partial charge on any atom is -0.481 e. The van der Waals surface area contributed by atoms with E-state index in [1.165, 1.54) is 0 Å². The molecule has 3 aliphatic heterocycles. The fraction of sp³-hybridized carbons (Fsp3) is 0.556. The van der Waals surface area contributed by atoms with E-state index >= 15 is 0 Å². The minimum atomic E-state index is -0.859. The van der Waals surface area contributed by atoms with Gasteiger partial charge in [0.05, 0.1) is 11.5 Å². The van der Waals surface area contributed by atoms with Gasteiger partial charge in [-0.05, 0) is 30.5 Å². The number of piperidine rings is 1. The van der Waals surface area contributed by atoms with Crippen molar-refractivity contribution in [3.8, 4) is 11.5 Å². The summed E-state index contributed by atoms with van der Waals surface area (Å²) in [5.41, 5.74) is 0.611. The minimum absolute atomic E-state index is 0.0587. The number of likely N-dealkylation sites (tertiary alicyclic amines) is 2. The Labute approximate surface area is 146 Å². The van der Waals surface area contributed by atoms with E-state index in [0.29, 0.717) is 12.8 Å². The van der Waals surface area contributed by atoms with Gasteiger partial charge in [-0.2, -0.15) is 0 Å². The van der Waals surface area contributed by atoms with E-state index in [0.717, 1.165) is 36.7 Å². The molecule has 3 heterocycles. The van der Waals surface area contributed by atoms with Crippen molar-refractivity contribution in [2.45, 2.75) is 31.3 Å². The summed E-state index contributed by atoms with van der Waals surface area (Å²) in [5.74, 6) is 0.0334. The highest BCUT2D eigenvalue weighted by Gasteiger charge is 2.55. The van der Waals surface area contributed by atoms with Crippen LogP contribution in [0.2, 0.25) is 0 Å². The molecule has 3 aliphatic rings. The molecule has 0 saturated carbocycles. The van der Waals surface area contributed by atoms with Crippen LogP contribution in [0.5, 0.6) is 11.5 Å². The summed E-state index contributed by atoms with van der Waals surface area (Å²) in [6, 6.07) is 5.95. The van der Waals surface area contributed by atoms with Gasteiger partial charge >= 0.3 is 5.97 Å². The lowest BCUT2D eigenvalue weighted by Crippen LogP contribution is -2.55. The fourth-order valence-electron chi connectivity index (χ4n) is 4.38. The lowest BCUT2D eigenvalue weighted by Gasteiger charge is -2.45. The van der Waals surface area contributed by atoms with Gasteiger partial charge in [0.25, 0.3) is 0 Å². The van der Waals surface area contributed by atoms with Gasteiger partial charge in [-0.3, -0.25) is 14.5 Å². The Morgan fingerprint density at radius 1 is 1.28 bits per heavy atom. The first-order valence-corrected chi connectivity index (χ1v) is 8.60. The van der Waals surface area contributed by atoms with Crippen LogP contribution in [0.1, 0.15) is 24.8 Å². The van der Waals surface area contributed by atoms with Crippen molar-refractivity contribution in [2.24, 2.45) is 5.92 Å². The molecule has 25 heavy (non-hydrogen) atoms. The lowest BCUT2D eigenvalue weighted by molar-refractivity contribution is -0.146. The molecule has 1 spiro atoms. The van der Waals surface area contributed by atoms with Gasteiger partial charge in [-0.1, -0.05) is 6.07 Å². The van der Waals surface area contributed by atoms with Gasteiger partial charge in [0.2, 0.25) is 12.7 Å². The maximum Gasteiger partial charge on any atom is 0.309 e.